The molecule has 0 fully saturated rings. The highest BCUT2D eigenvalue weighted by atomic mass is 15.2. The second kappa shape index (κ2) is 17.1. The minimum absolute atomic E-state index is 0.795. The lowest BCUT2D eigenvalue weighted by Gasteiger charge is -2.36. The van der Waals surface area contributed by atoms with E-state index in [1.165, 1.54) is 126 Å². The van der Waals surface area contributed by atoms with E-state index in [1.807, 2.05) is 0 Å². The summed E-state index contributed by atoms with van der Waals surface area (Å²) in [4.78, 5) is 2.57. The smallest absolute Gasteiger partial charge is 0.0782 e. The van der Waals surface area contributed by atoms with Gasteiger partial charge >= 0.3 is 0 Å². The fraction of sp³-hybridized carbons (Fsp3) is 0.0127. The molecule has 3 heteroatoms. The maximum atomic E-state index is 2.59. The Hall–Kier alpha value is -10.7. The molecule has 0 amide bonds. The van der Waals surface area contributed by atoms with Crippen LogP contribution in [-0.2, 0) is 5.41 Å². The largest absolute Gasteiger partial charge is 0.308 e. The van der Waals surface area contributed by atoms with E-state index in [2.05, 4.69) is 311 Å². The van der Waals surface area contributed by atoms with Crippen LogP contribution in [0.4, 0.5) is 17.1 Å². The highest BCUT2D eigenvalue weighted by Gasteiger charge is 2.50. The SMILES string of the molecule is c1ccc(-n2c3ccccc3c3cccc(N(c4ccc(-c5cccc6ccccc56)cc4)c4cc5c6c(c4)C(c4ccc7ccccc7c4)(c4cccc7ccccc47)c4ccc7c8ccccc8n(c7c4-6)-c4ccccc4-5)c32)cc1. The number of nitrogens with zero attached hydrogens (tertiary/aromatic N) is 3. The summed E-state index contributed by atoms with van der Waals surface area (Å²) >= 11 is 0. The number of rotatable bonds is 7. The normalized spacial score (nSPS) is 14.1. The van der Waals surface area contributed by atoms with Crippen molar-refractivity contribution in [2.24, 2.45) is 0 Å². The molecular weight excluding hydrogens is 991 g/mol. The average molecular weight is 1040 g/mol. The molecule has 1 atom stereocenters. The van der Waals surface area contributed by atoms with Gasteiger partial charge < -0.3 is 14.0 Å². The summed E-state index contributed by atoms with van der Waals surface area (Å²) in [7, 11) is 0. The minimum atomic E-state index is -0.795. The Morgan fingerprint density at radius 3 is 1.70 bits per heavy atom. The predicted octanol–water partition coefficient (Wildman–Crippen LogP) is 20.8. The summed E-state index contributed by atoms with van der Waals surface area (Å²) in [6, 6.07) is 112. The Morgan fingerprint density at radius 1 is 0.293 bits per heavy atom. The number of fused-ring (bicyclic) bond motifs is 12. The monoisotopic (exact) mass is 1040 g/mol. The van der Waals surface area contributed by atoms with Crippen LogP contribution in [0, 0.1) is 0 Å². The number of hydrogen-bond donors (Lipinski definition) is 0. The highest BCUT2D eigenvalue weighted by molar-refractivity contribution is 6.21. The van der Waals surface area contributed by atoms with Crippen molar-refractivity contribution in [3.05, 3.63) is 320 Å². The quantitative estimate of drug-likeness (QED) is 0.155. The van der Waals surface area contributed by atoms with Gasteiger partial charge in [0, 0.05) is 49.7 Å². The fourth-order valence-corrected chi connectivity index (χ4v) is 14.9. The van der Waals surface area contributed by atoms with Gasteiger partial charge in [-0.15, -0.1) is 0 Å². The number of benzene rings is 14. The van der Waals surface area contributed by atoms with E-state index in [9.17, 15) is 0 Å². The van der Waals surface area contributed by atoms with Gasteiger partial charge in [-0.3, -0.25) is 0 Å². The van der Waals surface area contributed by atoms with E-state index in [-0.39, 0.29) is 0 Å². The van der Waals surface area contributed by atoms with Crippen LogP contribution in [0.3, 0.4) is 0 Å². The van der Waals surface area contributed by atoms with Crippen LogP contribution >= 0.6 is 0 Å². The summed E-state index contributed by atoms with van der Waals surface area (Å²) in [6.45, 7) is 0. The van der Waals surface area contributed by atoms with Crippen molar-refractivity contribution in [1.82, 2.24) is 9.13 Å². The molecule has 0 bridgehead atoms. The average Bonchev–Trinajstić information content (AvgIpc) is 1.64. The molecule has 2 aliphatic rings. The zero-order valence-electron chi connectivity index (χ0n) is 44.6. The summed E-state index contributed by atoms with van der Waals surface area (Å²) in [6.07, 6.45) is 0. The number of anilines is 3. The van der Waals surface area contributed by atoms with Crippen molar-refractivity contribution in [1.29, 1.82) is 0 Å². The standard InChI is InChI=1S/C79H49N3/c1-2-25-56(26-3-1)81-71-35-13-10-29-62(71)65-33-18-38-74(77(65)81)80(57-43-40-53(41-44-57)60-32-16-23-51-20-6-8-27-59(51)60)58-48-67-64-31-12-15-37-73(64)82-72-36-14-11-30-63(72)66-45-46-69-76(78(66)82)75(67)70(49-58)79(69,55-42-39-50-19-4-5-22-54(50)47-55)68-34-17-24-52-21-7-9-28-61(52)68/h1-49H. The van der Waals surface area contributed by atoms with Gasteiger partial charge in [0.25, 0.3) is 0 Å². The molecule has 0 N–H and O–H groups in total. The molecule has 0 spiro atoms. The third-order valence-electron chi connectivity index (χ3n) is 18.2. The van der Waals surface area contributed by atoms with Gasteiger partial charge in [0.1, 0.15) is 0 Å². The van der Waals surface area contributed by atoms with Crippen LogP contribution < -0.4 is 4.90 Å². The first kappa shape index (κ1) is 45.2. The molecule has 3 heterocycles. The van der Waals surface area contributed by atoms with Gasteiger partial charge in [0.15, 0.2) is 0 Å². The lowest BCUT2D eigenvalue weighted by atomic mass is 9.66. The third-order valence-corrected chi connectivity index (χ3v) is 18.2. The Labute approximate surface area is 474 Å². The Bertz CT molecular complexity index is 5340. The third kappa shape index (κ3) is 6.14. The van der Waals surface area contributed by atoms with Crippen LogP contribution in [0.1, 0.15) is 22.3 Å². The molecular formula is C79H49N3. The summed E-state index contributed by atoms with van der Waals surface area (Å²) in [5.41, 5.74) is 21.9. The first-order chi connectivity index (χ1) is 40.7. The van der Waals surface area contributed by atoms with Crippen LogP contribution in [0.5, 0.6) is 0 Å². The molecule has 82 heavy (non-hydrogen) atoms. The van der Waals surface area contributed by atoms with Crippen LogP contribution in [-0.4, -0.2) is 9.13 Å². The van der Waals surface area contributed by atoms with E-state index < -0.39 is 5.41 Å². The second-order valence-electron chi connectivity index (χ2n) is 22.3. The lowest BCUT2D eigenvalue weighted by molar-refractivity contribution is 0.778. The van der Waals surface area contributed by atoms with Crippen molar-refractivity contribution < 1.29 is 0 Å². The zero-order chi connectivity index (χ0) is 53.6. The molecule has 380 valence electrons. The van der Waals surface area contributed by atoms with E-state index in [4.69, 9.17) is 0 Å². The molecule has 0 saturated heterocycles. The summed E-state index contributed by atoms with van der Waals surface area (Å²) in [5, 5.41) is 12.3. The van der Waals surface area contributed by atoms with Crippen molar-refractivity contribution >= 4 is 93.0 Å². The molecule has 18 rings (SSSR count). The van der Waals surface area contributed by atoms with Crippen molar-refractivity contribution in [2.75, 3.05) is 4.90 Å². The highest BCUT2D eigenvalue weighted by Crippen LogP contribution is 2.64. The molecule has 2 aromatic heterocycles. The van der Waals surface area contributed by atoms with Gasteiger partial charge in [-0.2, -0.15) is 0 Å². The second-order valence-corrected chi connectivity index (χ2v) is 22.3. The van der Waals surface area contributed by atoms with Crippen molar-refractivity contribution in [2.45, 2.75) is 5.41 Å². The Balaban J connectivity index is 1.02. The van der Waals surface area contributed by atoms with Crippen LogP contribution in [0.2, 0.25) is 0 Å². The molecule has 1 aliphatic carbocycles. The number of para-hydroxylation sites is 5. The first-order valence-electron chi connectivity index (χ1n) is 28.5. The molecule has 0 saturated carbocycles. The maximum Gasteiger partial charge on any atom is 0.0782 e. The molecule has 0 radical (unpaired) electrons. The number of hydrogen-bond acceptors (Lipinski definition) is 1. The zero-order valence-corrected chi connectivity index (χ0v) is 44.6. The number of aromatic nitrogens is 2. The van der Waals surface area contributed by atoms with Gasteiger partial charge in [-0.1, -0.05) is 231 Å². The van der Waals surface area contributed by atoms with Crippen molar-refractivity contribution in [3.8, 4) is 44.8 Å². The van der Waals surface area contributed by atoms with E-state index in [1.54, 1.807) is 0 Å². The minimum Gasteiger partial charge on any atom is -0.308 e. The molecule has 1 unspecified atom stereocenters. The molecule has 3 nitrogen and oxygen atoms in total. The van der Waals surface area contributed by atoms with Crippen LogP contribution in [0.15, 0.2) is 297 Å². The van der Waals surface area contributed by atoms with Gasteiger partial charge in [-0.25, -0.2) is 0 Å². The van der Waals surface area contributed by atoms with E-state index >= 15 is 0 Å². The van der Waals surface area contributed by atoms with E-state index in [0.717, 1.165) is 33.8 Å². The van der Waals surface area contributed by atoms with Gasteiger partial charge in [0.05, 0.1) is 38.9 Å². The first-order valence-corrected chi connectivity index (χ1v) is 28.5. The topological polar surface area (TPSA) is 13.1 Å². The van der Waals surface area contributed by atoms with Gasteiger partial charge in [-0.05, 0) is 144 Å². The maximum absolute atomic E-state index is 2.59. The molecule has 14 aromatic carbocycles. The van der Waals surface area contributed by atoms with Gasteiger partial charge in [0.2, 0.25) is 0 Å². The summed E-state index contributed by atoms with van der Waals surface area (Å²) < 4.78 is 5.07. The molecule has 16 aromatic rings. The summed E-state index contributed by atoms with van der Waals surface area (Å²) in [5.74, 6) is 0. The molecule has 1 aliphatic heterocycles. The van der Waals surface area contributed by atoms with Crippen LogP contribution in [0.25, 0.3) is 121 Å². The Morgan fingerprint density at radius 2 is 0.890 bits per heavy atom. The van der Waals surface area contributed by atoms with E-state index in [0.29, 0.717) is 0 Å². The Kier molecular flexibility index (Phi) is 9.43. The lowest BCUT2D eigenvalue weighted by Crippen LogP contribution is -2.29. The van der Waals surface area contributed by atoms with Crippen molar-refractivity contribution in [3.63, 3.8) is 0 Å². The fourth-order valence-electron chi connectivity index (χ4n) is 14.9. The predicted molar refractivity (Wildman–Crippen MR) is 344 cm³/mol.